The summed E-state index contributed by atoms with van der Waals surface area (Å²) in [5.41, 5.74) is 0.263. The summed E-state index contributed by atoms with van der Waals surface area (Å²) < 4.78 is 5.81. The molecular weight excluding hydrogens is 238 g/mol. The molecule has 2 unspecified atom stereocenters. The van der Waals surface area contributed by atoms with Gasteiger partial charge in [0.05, 0.1) is 6.04 Å². The minimum absolute atomic E-state index is 0.186. The van der Waals surface area contributed by atoms with Crippen molar-refractivity contribution < 1.29 is 4.42 Å². The van der Waals surface area contributed by atoms with E-state index in [0.29, 0.717) is 5.92 Å². The second-order valence-corrected chi connectivity index (χ2v) is 6.42. The zero-order valence-corrected chi connectivity index (χ0v) is 13.3. The van der Waals surface area contributed by atoms with Gasteiger partial charge in [0.2, 0.25) is 11.8 Å². The Kier molecular flexibility index (Phi) is 5.98. The van der Waals surface area contributed by atoms with E-state index in [9.17, 15) is 0 Å². The lowest BCUT2D eigenvalue weighted by Crippen LogP contribution is -2.21. The van der Waals surface area contributed by atoms with Gasteiger partial charge in [-0.15, -0.1) is 10.2 Å². The Morgan fingerprint density at radius 1 is 1.21 bits per heavy atom. The summed E-state index contributed by atoms with van der Waals surface area (Å²) in [5.74, 6) is 2.01. The SMILES string of the molecule is CCCNC(CC)c1nnc(CC(C)C(C)(C)C)o1. The van der Waals surface area contributed by atoms with Crippen LogP contribution in [0.2, 0.25) is 0 Å². The van der Waals surface area contributed by atoms with Crippen LogP contribution in [0.5, 0.6) is 0 Å². The van der Waals surface area contributed by atoms with Crippen LogP contribution in [0.15, 0.2) is 4.42 Å². The Morgan fingerprint density at radius 2 is 1.89 bits per heavy atom. The van der Waals surface area contributed by atoms with Crippen LogP contribution >= 0.6 is 0 Å². The van der Waals surface area contributed by atoms with Crippen molar-refractivity contribution in [2.24, 2.45) is 11.3 Å². The van der Waals surface area contributed by atoms with Crippen LogP contribution in [-0.4, -0.2) is 16.7 Å². The third-order valence-corrected chi connectivity index (χ3v) is 3.79. The van der Waals surface area contributed by atoms with Gasteiger partial charge in [0.25, 0.3) is 0 Å². The molecule has 0 aromatic carbocycles. The molecule has 1 aromatic rings. The fourth-order valence-corrected chi connectivity index (χ4v) is 1.78. The first kappa shape index (κ1) is 16.2. The molecule has 0 aliphatic heterocycles. The fraction of sp³-hybridized carbons (Fsp3) is 0.867. The van der Waals surface area contributed by atoms with E-state index in [1.807, 2.05) is 0 Å². The van der Waals surface area contributed by atoms with E-state index < -0.39 is 0 Å². The number of nitrogens with zero attached hydrogens (tertiary/aromatic N) is 2. The van der Waals surface area contributed by atoms with Crippen LogP contribution in [0.25, 0.3) is 0 Å². The van der Waals surface area contributed by atoms with Gasteiger partial charge < -0.3 is 9.73 Å². The first-order valence-corrected chi connectivity index (χ1v) is 7.44. The highest BCUT2D eigenvalue weighted by molar-refractivity contribution is 4.91. The number of nitrogens with one attached hydrogen (secondary N) is 1. The highest BCUT2D eigenvalue weighted by atomic mass is 16.4. The summed E-state index contributed by atoms with van der Waals surface area (Å²) in [4.78, 5) is 0. The van der Waals surface area contributed by atoms with E-state index in [1.54, 1.807) is 0 Å². The maximum Gasteiger partial charge on any atom is 0.233 e. The maximum absolute atomic E-state index is 5.81. The van der Waals surface area contributed by atoms with E-state index in [-0.39, 0.29) is 11.5 Å². The molecule has 0 spiro atoms. The Morgan fingerprint density at radius 3 is 2.42 bits per heavy atom. The van der Waals surface area contributed by atoms with Crippen LogP contribution in [0, 0.1) is 11.3 Å². The smallest absolute Gasteiger partial charge is 0.233 e. The highest BCUT2D eigenvalue weighted by Gasteiger charge is 2.23. The molecule has 0 fully saturated rings. The first-order chi connectivity index (χ1) is 8.88. The van der Waals surface area contributed by atoms with Gasteiger partial charge in [-0.05, 0) is 30.7 Å². The third kappa shape index (κ3) is 4.94. The minimum atomic E-state index is 0.186. The summed E-state index contributed by atoms with van der Waals surface area (Å²) in [5, 5.41) is 11.8. The number of hydrogen-bond acceptors (Lipinski definition) is 4. The van der Waals surface area contributed by atoms with Crippen molar-refractivity contribution in [3.63, 3.8) is 0 Å². The van der Waals surface area contributed by atoms with Gasteiger partial charge in [-0.3, -0.25) is 0 Å². The van der Waals surface area contributed by atoms with Crippen LogP contribution < -0.4 is 5.32 Å². The number of hydrogen-bond donors (Lipinski definition) is 1. The first-order valence-electron chi connectivity index (χ1n) is 7.44. The van der Waals surface area contributed by atoms with Gasteiger partial charge >= 0.3 is 0 Å². The Balaban J connectivity index is 2.65. The van der Waals surface area contributed by atoms with Gasteiger partial charge in [-0.25, -0.2) is 0 Å². The molecule has 0 saturated carbocycles. The van der Waals surface area contributed by atoms with Crippen molar-refractivity contribution in [1.29, 1.82) is 0 Å². The molecule has 0 radical (unpaired) electrons. The zero-order valence-electron chi connectivity index (χ0n) is 13.3. The maximum atomic E-state index is 5.81. The van der Waals surface area contributed by atoms with Gasteiger partial charge in [0, 0.05) is 6.42 Å². The standard InChI is InChI=1S/C15H29N3O/c1-7-9-16-12(8-2)14-18-17-13(19-14)10-11(3)15(4,5)6/h11-12,16H,7-10H2,1-6H3. The second-order valence-electron chi connectivity index (χ2n) is 6.42. The quantitative estimate of drug-likeness (QED) is 0.817. The zero-order chi connectivity index (χ0) is 14.5. The van der Waals surface area contributed by atoms with Crippen LogP contribution in [0.1, 0.15) is 72.2 Å². The predicted octanol–water partition coefficient (Wildman–Crippen LogP) is 3.75. The molecule has 1 aromatic heterocycles. The van der Waals surface area contributed by atoms with Gasteiger partial charge in [0.15, 0.2) is 0 Å². The molecule has 110 valence electrons. The lowest BCUT2D eigenvalue weighted by molar-refractivity contribution is 0.241. The molecule has 0 amide bonds. The van der Waals surface area contributed by atoms with E-state index in [0.717, 1.165) is 37.6 Å². The predicted molar refractivity (Wildman–Crippen MR) is 77.9 cm³/mol. The molecule has 1 rings (SSSR count). The van der Waals surface area contributed by atoms with Crippen molar-refractivity contribution in [3.05, 3.63) is 11.8 Å². The molecule has 4 heteroatoms. The van der Waals surface area contributed by atoms with Crippen molar-refractivity contribution >= 4 is 0 Å². The number of rotatable bonds is 7. The molecule has 2 atom stereocenters. The monoisotopic (exact) mass is 267 g/mol. The molecule has 0 aliphatic carbocycles. The third-order valence-electron chi connectivity index (χ3n) is 3.79. The van der Waals surface area contributed by atoms with Crippen molar-refractivity contribution in [2.45, 2.75) is 66.8 Å². The minimum Gasteiger partial charge on any atom is -0.424 e. The summed E-state index contributed by atoms with van der Waals surface area (Å²) in [6.45, 7) is 14.2. The van der Waals surface area contributed by atoms with Crippen LogP contribution in [0.4, 0.5) is 0 Å². The Labute approximate surface area is 117 Å². The summed E-state index contributed by atoms with van der Waals surface area (Å²) in [7, 11) is 0. The molecule has 0 aliphatic rings. The molecular formula is C15H29N3O. The molecule has 0 bridgehead atoms. The lowest BCUT2D eigenvalue weighted by atomic mass is 9.80. The lowest BCUT2D eigenvalue weighted by Gasteiger charge is -2.25. The largest absolute Gasteiger partial charge is 0.424 e. The highest BCUT2D eigenvalue weighted by Crippen LogP contribution is 2.28. The normalized spacial score (nSPS) is 15.5. The van der Waals surface area contributed by atoms with Crippen LogP contribution in [-0.2, 0) is 6.42 Å². The van der Waals surface area contributed by atoms with Crippen molar-refractivity contribution in [3.8, 4) is 0 Å². The summed E-state index contributed by atoms with van der Waals surface area (Å²) in [6, 6.07) is 0.186. The summed E-state index contributed by atoms with van der Waals surface area (Å²) >= 11 is 0. The second kappa shape index (κ2) is 7.04. The van der Waals surface area contributed by atoms with Crippen molar-refractivity contribution in [2.75, 3.05) is 6.54 Å². The fourth-order valence-electron chi connectivity index (χ4n) is 1.78. The number of aromatic nitrogens is 2. The van der Waals surface area contributed by atoms with Gasteiger partial charge in [-0.2, -0.15) is 0 Å². The van der Waals surface area contributed by atoms with Gasteiger partial charge in [0.1, 0.15) is 0 Å². The average Bonchev–Trinajstić information content (AvgIpc) is 2.77. The van der Waals surface area contributed by atoms with E-state index in [4.69, 9.17) is 4.42 Å². The van der Waals surface area contributed by atoms with E-state index >= 15 is 0 Å². The van der Waals surface area contributed by atoms with Crippen molar-refractivity contribution in [1.82, 2.24) is 15.5 Å². The summed E-state index contributed by atoms with van der Waals surface area (Å²) in [6.07, 6.45) is 2.93. The Bertz CT molecular complexity index is 368. The van der Waals surface area contributed by atoms with Crippen LogP contribution in [0.3, 0.4) is 0 Å². The molecule has 4 nitrogen and oxygen atoms in total. The van der Waals surface area contributed by atoms with E-state index in [2.05, 4.69) is 57.1 Å². The topological polar surface area (TPSA) is 51.0 Å². The molecule has 1 heterocycles. The van der Waals surface area contributed by atoms with Gasteiger partial charge in [-0.1, -0.05) is 41.5 Å². The molecule has 1 N–H and O–H groups in total. The molecule has 19 heavy (non-hydrogen) atoms. The van der Waals surface area contributed by atoms with E-state index in [1.165, 1.54) is 0 Å². The average molecular weight is 267 g/mol. The Hall–Kier alpha value is -0.900. The molecule has 0 saturated heterocycles.